The minimum absolute atomic E-state index is 0.0547. The van der Waals surface area contributed by atoms with Gasteiger partial charge in [0.05, 0.1) is 6.61 Å². The number of nitrogens with zero attached hydrogens (tertiary/aromatic N) is 1. The second-order valence-corrected chi connectivity index (χ2v) is 4.87. The van der Waals surface area contributed by atoms with Crippen LogP contribution >= 0.6 is 0 Å². The molecular weight excluding hydrogens is 264 g/mol. The molecule has 0 aliphatic heterocycles. The summed E-state index contributed by atoms with van der Waals surface area (Å²) in [6, 6.07) is 9.34. The van der Waals surface area contributed by atoms with Gasteiger partial charge in [0.25, 0.3) is 5.91 Å². The predicted molar refractivity (Wildman–Crippen MR) is 83.7 cm³/mol. The molecule has 0 radical (unpaired) electrons. The van der Waals surface area contributed by atoms with E-state index < -0.39 is 0 Å². The minimum Gasteiger partial charge on any atom is -0.494 e. The molecular formula is C17H22N2O2. The fraction of sp³-hybridized carbons (Fsp3) is 0.412. The van der Waals surface area contributed by atoms with Gasteiger partial charge in [-0.25, -0.2) is 0 Å². The number of amides is 1. The van der Waals surface area contributed by atoms with Crippen LogP contribution in [0.15, 0.2) is 29.8 Å². The summed E-state index contributed by atoms with van der Waals surface area (Å²) >= 11 is 0. The largest absolute Gasteiger partial charge is 0.494 e. The molecule has 0 heterocycles. The second-order valence-electron chi connectivity index (χ2n) is 4.87. The Kier molecular flexibility index (Phi) is 7.03. The van der Waals surface area contributed by atoms with Crippen molar-refractivity contribution >= 4 is 12.0 Å². The summed E-state index contributed by atoms with van der Waals surface area (Å²) in [7, 11) is 0. The van der Waals surface area contributed by atoms with Crippen molar-refractivity contribution in [1.82, 2.24) is 5.32 Å². The van der Waals surface area contributed by atoms with Crippen LogP contribution in [0.4, 0.5) is 0 Å². The zero-order chi connectivity index (χ0) is 15.7. The Bertz CT molecular complexity index is 527. The van der Waals surface area contributed by atoms with Crippen LogP contribution in [0.25, 0.3) is 6.08 Å². The van der Waals surface area contributed by atoms with Gasteiger partial charge in [-0.05, 0) is 43.5 Å². The molecule has 0 saturated carbocycles. The van der Waals surface area contributed by atoms with Crippen LogP contribution in [0, 0.1) is 11.3 Å². The Balaban J connectivity index is 2.78. The normalized spacial score (nSPS) is 12.4. The van der Waals surface area contributed by atoms with Crippen molar-refractivity contribution in [3.8, 4) is 11.8 Å². The Morgan fingerprint density at radius 2 is 2.05 bits per heavy atom. The molecule has 1 amide bonds. The van der Waals surface area contributed by atoms with Crippen LogP contribution in [0.1, 0.15) is 39.2 Å². The number of ether oxygens (including phenoxy) is 1. The lowest BCUT2D eigenvalue weighted by Crippen LogP contribution is -2.32. The van der Waals surface area contributed by atoms with E-state index in [1.165, 1.54) is 0 Å². The zero-order valence-electron chi connectivity index (χ0n) is 12.8. The van der Waals surface area contributed by atoms with E-state index in [2.05, 4.69) is 5.32 Å². The highest BCUT2D eigenvalue weighted by Gasteiger charge is 2.11. The number of carbonyl (C=O) groups is 1. The highest BCUT2D eigenvalue weighted by atomic mass is 16.5. The lowest BCUT2D eigenvalue weighted by atomic mass is 10.1. The minimum atomic E-state index is -0.335. The van der Waals surface area contributed by atoms with Crippen molar-refractivity contribution in [3.63, 3.8) is 0 Å². The van der Waals surface area contributed by atoms with Gasteiger partial charge in [0.2, 0.25) is 0 Å². The molecule has 1 atom stereocenters. The summed E-state index contributed by atoms with van der Waals surface area (Å²) in [5, 5.41) is 11.9. The van der Waals surface area contributed by atoms with Gasteiger partial charge in [-0.2, -0.15) is 5.26 Å². The SMILES string of the molecule is CCCOc1ccc(/C=C(\C#N)C(=O)N[C@H](C)CC)cc1. The highest BCUT2D eigenvalue weighted by molar-refractivity contribution is 6.01. The summed E-state index contributed by atoms with van der Waals surface area (Å²) in [4.78, 5) is 11.9. The van der Waals surface area contributed by atoms with Gasteiger partial charge in [0, 0.05) is 6.04 Å². The van der Waals surface area contributed by atoms with Gasteiger partial charge in [-0.3, -0.25) is 4.79 Å². The highest BCUT2D eigenvalue weighted by Crippen LogP contribution is 2.15. The Labute approximate surface area is 126 Å². The summed E-state index contributed by atoms with van der Waals surface area (Å²) in [6.45, 7) is 6.62. The van der Waals surface area contributed by atoms with Gasteiger partial charge in [0.1, 0.15) is 17.4 Å². The van der Waals surface area contributed by atoms with E-state index in [-0.39, 0.29) is 17.5 Å². The third-order valence-corrected chi connectivity index (χ3v) is 3.02. The van der Waals surface area contributed by atoms with Crippen molar-refractivity contribution in [2.45, 2.75) is 39.7 Å². The monoisotopic (exact) mass is 286 g/mol. The molecule has 21 heavy (non-hydrogen) atoms. The molecule has 4 nitrogen and oxygen atoms in total. The first-order valence-electron chi connectivity index (χ1n) is 7.26. The molecule has 0 aliphatic carbocycles. The van der Waals surface area contributed by atoms with E-state index in [1.807, 2.05) is 51.1 Å². The topological polar surface area (TPSA) is 62.1 Å². The van der Waals surface area contributed by atoms with Gasteiger partial charge in [-0.15, -0.1) is 0 Å². The van der Waals surface area contributed by atoms with Gasteiger partial charge in [0.15, 0.2) is 0 Å². The van der Waals surface area contributed by atoms with Crippen molar-refractivity contribution in [2.75, 3.05) is 6.61 Å². The van der Waals surface area contributed by atoms with E-state index in [4.69, 9.17) is 10.00 Å². The van der Waals surface area contributed by atoms with E-state index in [9.17, 15) is 4.79 Å². The molecule has 1 aromatic carbocycles. The van der Waals surface area contributed by atoms with Gasteiger partial charge < -0.3 is 10.1 Å². The third-order valence-electron chi connectivity index (χ3n) is 3.02. The standard InChI is InChI=1S/C17H22N2O2/c1-4-10-21-16-8-6-14(7-9-16)11-15(12-18)17(20)19-13(3)5-2/h6-9,11,13H,4-5,10H2,1-3H3,(H,19,20)/b15-11+/t13-/m1/s1. The van der Waals surface area contributed by atoms with E-state index >= 15 is 0 Å². The number of hydrogen-bond acceptors (Lipinski definition) is 3. The molecule has 1 aromatic rings. The van der Waals surface area contributed by atoms with Gasteiger partial charge in [-0.1, -0.05) is 26.0 Å². The number of rotatable bonds is 7. The number of nitrogens with one attached hydrogen (secondary N) is 1. The number of benzene rings is 1. The molecule has 4 heteroatoms. The first kappa shape index (κ1) is 16.8. The average molecular weight is 286 g/mol. The summed E-state index contributed by atoms with van der Waals surface area (Å²) < 4.78 is 5.49. The molecule has 112 valence electrons. The van der Waals surface area contributed by atoms with Crippen LogP contribution in [0.5, 0.6) is 5.75 Å². The first-order chi connectivity index (χ1) is 10.1. The predicted octanol–water partition coefficient (Wildman–Crippen LogP) is 3.30. The molecule has 0 bridgehead atoms. The Hall–Kier alpha value is -2.28. The lowest BCUT2D eigenvalue weighted by molar-refractivity contribution is -0.117. The first-order valence-corrected chi connectivity index (χ1v) is 7.26. The van der Waals surface area contributed by atoms with Crippen LogP contribution < -0.4 is 10.1 Å². The summed E-state index contributed by atoms with van der Waals surface area (Å²) in [5.74, 6) is 0.453. The average Bonchev–Trinajstić information content (AvgIpc) is 2.51. The summed E-state index contributed by atoms with van der Waals surface area (Å²) in [5.41, 5.74) is 0.909. The maximum absolute atomic E-state index is 11.9. The third kappa shape index (κ3) is 5.70. The maximum atomic E-state index is 11.9. The fourth-order valence-corrected chi connectivity index (χ4v) is 1.60. The molecule has 0 aliphatic rings. The van der Waals surface area contributed by atoms with E-state index in [0.717, 1.165) is 24.2 Å². The molecule has 0 fully saturated rings. The summed E-state index contributed by atoms with van der Waals surface area (Å²) in [6.07, 6.45) is 3.37. The number of hydrogen-bond donors (Lipinski definition) is 1. The van der Waals surface area contributed by atoms with Crippen molar-refractivity contribution in [2.24, 2.45) is 0 Å². The van der Waals surface area contributed by atoms with E-state index in [1.54, 1.807) is 6.08 Å². The quantitative estimate of drug-likeness (QED) is 0.618. The Morgan fingerprint density at radius 1 is 1.38 bits per heavy atom. The lowest BCUT2D eigenvalue weighted by Gasteiger charge is -2.10. The maximum Gasteiger partial charge on any atom is 0.262 e. The molecule has 1 rings (SSSR count). The van der Waals surface area contributed by atoms with Crippen LogP contribution in [0.3, 0.4) is 0 Å². The van der Waals surface area contributed by atoms with Crippen molar-refractivity contribution < 1.29 is 9.53 Å². The van der Waals surface area contributed by atoms with Crippen LogP contribution in [0.2, 0.25) is 0 Å². The number of nitriles is 1. The number of carbonyl (C=O) groups excluding carboxylic acids is 1. The molecule has 0 saturated heterocycles. The molecule has 0 aromatic heterocycles. The Morgan fingerprint density at radius 3 is 2.57 bits per heavy atom. The second kappa shape index (κ2) is 8.80. The zero-order valence-corrected chi connectivity index (χ0v) is 12.8. The molecule has 1 N–H and O–H groups in total. The smallest absolute Gasteiger partial charge is 0.262 e. The van der Waals surface area contributed by atoms with Crippen molar-refractivity contribution in [3.05, 3.63) is 35.4 Å². The fourth-order valence-electron chi connectivity index (χ4n) is 1.60. The van der Waals surface area contributed by atoms with Gasteiger partial charge >= 0.3 is 0 Å². The van der Waals surface area contributed by atoms with Crippen LogP contribution in [-0.2, 0) is 4.79 Å². The van der Waals surface area contributed by atoms with Crippen molar-refractivity contribution in [1.29, 1.82) is 5.26 Å². The molecule has 0 unspecified atom stereocenters. The van der Waals surface area contributed by atoms with Crippen LogP contribution in [-0.4, -0.2) is 18.6 Å². The van der Waals surface area contributed by atoms with E-state index in [0.29, 0.717) is 6.61 Å². The molecule has 0 spiro atoms.